The third-order valence-corrected chi connectivity index (χ3v) is 3.90. The second-order valence-electron chi connectivity index (χ2n) is 4.88. The van der Waals surface area contributed by atoms with Gasteiger partial charge < -0.3 is 4.74 Å². The molecule has 0 aromatic carbocycles. The number of hydrogen-bond donors (Lipinski definition) is 0. The van der Waals surface area contributed by atoms with E-state index in [9.17, 15) is 0 Å². The van der Waals surface area contributed by atoms with Gasteiger partial charge in [0.25, 0.3) is 0 Å². The highest BCUT2D eigenvalue weighted by Gasteiger charge is 2.34. The largest absolute Gasteiger partial charge is 0.481 e. The molecule has 1 aliphatic heterocycles. The molecular formula is C14H17NO. The van der Waals surface area contributed by atoms with E-state index in [4.69, 9.17) is 4.74 Å². The molecular weight excluding hydrogens is 198 g/mol. The van der Waals surface area contributed by atoms with E-state index in [1.54, 1.807) is 7.11 Å². The number of methoxy groups -OCH3 is 1. The van der Waals surface area contributed by atoms with Crippen molar-refractivity contribution in [2.24, 2.45) is 16.8 Å². The van der Waals surface area contributed by atoms with Crippen molar-refractivity contribution in [1.82, 2.24) is 0 Å². The van der Waals surface area contributed by atoms with Crippen molar-refractivity contribution in [3.63, 3.8) is 0 Å². The zero-order chi connectivity index (χ0) is 11.1. The van der Waals surface area contributed by atoms with Gasteiger partial charge in [0.05, 0.1) is 7.11 Å². The summed E-state index contributed by atoms with van der Waals surface area (Å²) >= 11 is 0. The van der Waals surface area contributed by atoms with Crippen LogP contribution in [0.15, 0.2) is 39.7 Å². The van der Waals surface area contributed by atoms with Crippen LogP contribution < -0.4 is 0 Å². The van der Waals surface area contributed by atoms with E-state index < -0.39 is 0 Å². The topological polar surface area (TPSA) is 21.6 Å². The third kappa shape index (κ3) is 1.36. The van der Waals surface area contributed by atoms with E-state index in [0.29, 0.717) is 5.92 Å². The normalized spacial score (nSPS) is 31.9. The third-order valence-electron chi connectivity index (χ3n) is 3.90. The molecule has 0 bridgehead atoms. The summed E-state index contributed by atoms with van der Waals surface area (Å²) in [6.07, 6.45) is 10.2. The van der Waals surface area contributed by atoms with Crippen LogP contribution in [0.25, 0.3) is 0 Å². The predicted molar refractivity (Wildman–Crippen MR) is 65.2 cm³/mol. The van der Waals surface area contributed by atoms with Crippen molar-refractivity contribution in [3.05, 3.63) is 34.8 Å². The van der Waals surface area contributed by atoms with E-state index in [0.717, 1.165) is 11.8 Å². The Bertz CT molecular complexity index is 440. The van der Waals surface area contributed by atoms with Gasteiger partial charge in [0, 0.05) is 12.3 Å². The Hall–Kier alpha value is -1.31. The highest BCUT2D eigenvalue weighted by Crippen LogP contribution is 2.46. The Balaban J connectivity index is 2.12. The second-order valence-corrected chi connectivity index (χ2v) is 4.88. The molecule has 2 unspecified atom stereocenters. The van der Waals surface area contributed by atoms with Crippen LogP contribution >= 0.6 is 0 Å². The summed E-state index contributed by atoms with van der Waals surface area (Å²) < 4.78 is 5.26. The van der Waals surface area contributed by atoms with Gasteiger partial charge in [0.15, 0.2) is 0 Å². The molecule has 0 radical (unpaired) electrons. The maximum absolute atomic E-state index is 5.26. The molecule has 1 heterocycles. The number of nitrogens with zero attached hydrogens (tertiary/aromatic N) is 1. The minimum atomic E-state index is 0.648. The zero-order valence-corrected chi connectivity index (χ0v) is 9.86. The number of rotatable bonds is 1. The molecule has 84 valence electrons. The highest BCUT2D eigenvalue weighted by molar-refractivity contribution is 5.85. The molecule has 3 rings (SSSR count). The van der Waals surface area contributed by atoms with Gasteiger partial charge in [-0.05, 0) is 47.8 Å². The molecule has 0 spiro atoms. The molecule has 16 heavy (non-hydrogen) atoms. The van der Waals surface area contributed by atoms with Crippen LogP contribution in [-0.2, 0) is 4.74 Å². The van der Waals surface area contributed by atoms with Gasteiger partial charge in [-0.1, -0.05) is 13.0 Å². The molecule has 0 N–H and O–H groups in total. The van der Waals surface area contributed by atoms with E-state index in [2.05, 4.69) is 24.1 Å². The van der Waals surface area contributed by atoms with Crippen molar-refractivity contribution in [3.8, 4) is 0 Å². The van der Waals surface area contributed by atoms with E-state index in [-0.39, 0.29) is 0 Å². The fourth-order valence-corrected chi connectivity index (χ4v) is 3.14. The van der Waals surface area contributed by atoms with Crippen molar-refractivity contribution in [2.75, 3.05) is 7.11 Å². The Morgan fingerprint density at radius 3 is 3.12 bits per heavy atom. The molecule has 0 fully saturated rings. The SMILES string of the molecule is COC1=CC2=CCCC3CC(C)C(=C23)C=N1. The minimum absolute atomic E-state index is 0.648. The lowest BCUT2D eigenvalue weighted by molar-refractivity contribution is 0.288. The molecule has 2 aliphatic carbocycles. The lowest BCUT2D eigenvalue weighted by atomic mass is 9.84. The Kier molecular flexibility index (Phi) is 2.23. The molecule has 2 heteroatoms. The summed E-state index contributed by atoms with van der Waals surface area (Å²) in [6.45, 7) is 2.31. The number of ether oxygens (including phenoxy) is 1. The van der Waals surface area contributed by atoms with E-state index in [1.807, 2.05) is 6.21 Å². The van der Waals surface area contributed by atoms with Gasteiger partial charge >= 0.3 is 0 Å². The Morgan fingerprint density at radius 2 is 2.31 bits per heavy atom. The van der Waals surface area contributed by atoms with Crippen LogP contribution in [-0.4, -0.2) is 13.3 Å². The van der Waals surface area contributed by atoms with Gasteiger partial charge in [0.1, 0.15) is 0 Å². The monoisotopic (exact) mass is 215 g/mol. The fraction of sp³-hybridized carbons (Fsp3) is 0.500. The first-order valence-electron chi connectivity index (χ1n) is 6.04. The average Bonchev–Trinajstić information content (AvgIpc) is 2.50. The van der Waals surface area contributed by atoms with Crippen molar-refractivity contribution in [2.45, 2.75) is 26.2 Å². The van der Waals surface area contributed by atoms with E-state index >= 15 is 0 Å². The first-order valence-corrected chi connectivity index (χ1v) is 6.04. The smallest absolute Gasteiger partial charge is 0.213 e. The first-order chi connectivity index (χ1) is 7.79. The standard InChI is InChI=1S/C14H17NO/c1-9-6-10-4-3-5-11-7-13(16-2)15-8-12(9)14(10)11/h5,7-10H,3-4,6H2,1-2H3. The maximum Gasteiger partial charge on any atom is 0.213 e. The summed E-state index contributed by atoms with van der Waals surface area (Å²) in [5, 5.41) is 0. The van der Waals surface area contributed by atoms with E-state index in [1.165, 1.54) is 36.0 Å². The van der Waals surface area contributed by atoms with Crippen LogP contribution in [0, 0.1) is 11.8 Å². The molecule has 0 aromatic rings. The first kappa shape index (κ1) is 9.88. The maximum atomic E-state index is 5.26. The number of allylic oxidation sites excluding steroid dienone is 5. The summed E-state index contributed by atoms with van der Waals surface area (Å²) in [5.41, 5.74) is 4.32. The van der Waals surface area contributed by atoms with Crippen LogP contribution in [0.2, 0.25) is 0 Å². The van der Waals surface area contributed by atoms with Gasteiger partial charge in [0.2, 0.25) is 5.88 Å². The molecule has 2 atom stereocenters. The Morgan fingerprint density at radius 1 is 1.44 bits per heavy atom. The lowest BCUT2D eigenvalue weighted by Gasteiger charge is -2.20. The van der Waals surface area contributed by atoms with Gasteiger partial charge in [-0.2, -0.15) is 0 Å². The summed E-state index contributed by atoms with van der Waals surface area (Å²) in [6, 6.07) is 0. The number of aliphatic imine (C=N–C) groups is 1. The lowest BCUT2D eigenvalue weighted by Crippen LogP contribution is -2.06. The zero-order valence-electron chi connectivity index (χ0n) is 9.86. The molecule has 2 nitrogen and oxygen atoms in total. The van der Waals surface area contributed by atoms with Crippen LogP contribution in [0.4, 0.5) is 0 Å². The molecule has 3 aliphatic rings. The minimum Gasteiger partial charge on any atom is -0.481 e. The quantitative estimate of drug-likeness (QED) is 0.658. The van der Waals surface area contributed by atoms with Crippen LogP contribution in [0.1, 0.15) is 26.2 Å². The van der Waals surface area contributed by atoms with Gasteiger partial charge in [-0.25, -0.2) is 4.99 Å². The number of hydrogen-bond acceptors (Lipinski definition) is 2. The summed E-state index contributed by atoms with van der Waals surface area (Å²) in [7, 11) is 1.68. The summed E-state index contributed by atoms with van der Waals surface area (Å²) in [4.78, 5) is 4.41. The average molecular weight is 215 g/mol. The van der Waals surface area contributed by atoms with Crippen LogP contribution in [0.3, 0.4) is 0 Å². The second kappa shape index (κ2) is 3.62. The van der Waals surface area contributed by atoms with Crippen molar-refractivity contribution >= 4 is 6.21 Å². The molecule has 0 amide bonds. The Labute approximate surface area is 96.4 Å². The van der Waals surface area contributed by atoms with Crippen molar-refractivity contribution in [1.29, 1.82) is 0 Å². The predicted octanol–water partition coefficient (Wildman–Crippen LogP) is 3.23. The van der Waals surface area contributed by atoms with Crippen LogP contribution in [0.5, 0.6) is 0 Å². The highest BCUT2D eigenvalue weighted by atomic mass is 16.5. The summed E-state index contributed by atoms with van der Waals surface area (Å²) in [5.74, 6) is 2.13. The van der Waals surface area contributed by atoms with Gasteiger partial charge in [-0.3, -0.25) is 0 Å². The van der Waals surface area contributed by atoms with Gasteiger partial charge in [-0.15, -0.1) is 0 Å². The molecule has 0 aromatic heterocycles. The fourth-order valence-electron chi connectivity index (χ4n) is 3.14. The molecule has 0 saturated carbocycles. The van der Waals surface area contributed by atoms with Crippen molar-refractivity contribution < 1.29 is 4.74 Å². The molecule has 0 saturated heterocycles.